The van der Waals surface area contributed by atoms with Crippen molar-refractivity contribution in [3.63, 3.8) is 0 Å². The van der Waals surface area contributed by atoms with Crippen molar-refractivity contribution in [3.8, 4) is 17.2 Å². The van der Waals surface area contributed by atoms with E-state index < -0.39 is 11.9 Å². The molecule has 0 saturated carbocycles. The third kappa shape index (κ3) is 11.3. The van der Waals surface area contributed by atoms with E-state index >= 15 is 0 Å². The summed E-state index contributed by atoms with van der Waals surface area (Å²) in [5, 5.41) is 28.0. The Kier molecular flexibility index (Phi) is 15.2. The number of nitrogens with zero attached hydrogens (tertiary/aromatic N) is 4. The van der Waals surface area contributed by atoms with E-state index in [-0.39, 0.29) is 11.3 Å². The highest BCUT2D eigenvalue weighted by atomic mass is 16.4. The molecule has 0 fully saturated rings. The summed E-state index contributed by atoms with van der Waals surface area (Å²) >= 11 is 0. The van der Waals surface area contributed by atoms with Gasteiger partial charge in [0.15, 0.2) is 0 Å². The van der Waals surface area contributed by atoms with Gasteiger partial charge in [-0.2, -0.15) is 5.26 Å². The largest absolute Gasteiger partial charge is 0.486 e. The highest BCUT2D eigenvalue weighted by Crippen LogP contribution is 2.39. The second-order valence-electron chi connectivity index (χ2n) is 15.1. The number of unbranched alkanes of at least 4 members (excludes halogenated alkanes) is 4. The van der Waals surface area contributed by atoms with Crippen LogP contribution in [0.1, 0.15) is 74.6 Å². The lowest BCUT2D eigenvalue weighted by Crippen LogP contribution is -2.10. The molecular weight excluding hydrogens is 769 g/mol. The van der Waals surface area contributed by atoms with Gasteiger partial charge in [-0.25, -0.2) is 9.64 Å². The average Bonchev–Trinajstić information content (AvgIpc) is 3.30. The monoisotopic (exact) mass is 818 g/mol. The Labute approximate surface area is 364 Å². The van der Waals surface area contributed by atoms with E-state index in [2.05, 4.69) is 126 Å². The minimum Gasteiger partial charge on any atom is -0.486 e. The summed E-state index contributed by atoms with van der Waals surface area (Å²) in [4.78, 5) is 30.4. The molecule has 62 heavy (non-hydrogen) atoms. The SMILES string of the molecule is [C-]#[N+]C(=Cc1ccc(N(c2ccc(CCCCC)cc2)c2ccc(-c3ccc(N(c4ccc(C=C(C#N)C(=O)O)cc4)c4ccc(CCCCC)cc4)cc3)cc2)cc1)C(=O)O. The van der Waals surface area contributed by atoms with Crippen molar-refractivity contribution in [2.24, 2.45) is 0 Å². The van der Waals surface area contributed by atoms with Crippen LogP contribution in [-0.2, 0) is 22.4 Å². The fourth-order valence-corrected chi connectivity index (χ4v) is 7.33. The van der Waals surface area contributed by atoms with Crippen LogP contribution in [0, 0.1) is 17.9 Å². The zero-order valence-electron chi connectivity index (χ0n) is 35.2. The number of nitriles is 1. The molecule has 8 heteroatoms. The van der Waals surface area contributed by atoms with Gasteiger partial charge in [-0.1, -0.05) is 112 Å². The van der Waals surface area contributed by atoms with Gasteiger partial charge in [-0.3, -0.25) is 4.79 Å². The zero-order valence-corrected chi connectivity index (χ0v) is 35.2. The Balaban J connectivity index is 1.30. The van der Waals surface area contributed by atoms with E-state index in [1.165, 1.54) is 49.0 Å². The molecule has 6 rings (SSSR count). The van der Waals surface area contributed by atoms with Gasteiger partial charge in [0, 0.05) is 34.1 Å². The summed E-state index contributed by atoms with van der Waals surface area (Å²) < 4.78 is 0. The quantitative estimate of drug-likeness (QED) is 0.0362. The van der Waals surface area contributed by atoms with Gasteiger partial charge in [0.1, 0.15) is 11.6 Å². The smallest absolute Gasteiger partial charge is 0.346 e. The lowest BCUT2D eigenvalue weighted by atomic mass is 10.0. The third-order valence-electron chi connectivity index (χ3n) is 10.7. The standard InChI is InChI=1S/C54H50N4O4/c1-4-6-8-10-39-12-24-46(25-13-39)57(48-28-16-41(17-29-48)36-45(38-55)53(59)60)50-32-20-43(21-33-50)44-22-34-51(35-23-44)58(47-26-14-40(15-27-47)11-9-7-5-2)49-30-18-42(19-31-49)37-52(56-3)54(61)62/h12-37H,4-11H2,1-2H3,(H,59,60)(H,61,62). The van der Waals surface area contributed by atoms with E-state index in [1.54, 1.807) is 6.07 Å². The number of anilines is 6. The maximum Gasteiger partial charge on any atom is 0.346 e. The maximum absolute atomic E-state index is 11.5. The Bertz CT molecular complexity index is 2400. The van der Waals surface area contributed by atoms with E-state index in [4.69, 9.17) is 6.57 Å². The predicted octanol–water partition coefficient (Wildman–Crippen LogP) is 14.1. The molecule has 0 spiro atoms. The molecule has 0 amide bonds. The van der Waals surface area contributed by atoms with Gasteiger partial charge in [-0.05, 0) is 144 Å². The normalized spacial score (nSPS) is 11.4. The van der Waals surface area contributed by atoms with Crippen molar-refractivity contribution in [3.05, 3.63) is 191 Å². The molecule has 0 atom stereocenters. The first-order valence-corrected chi connectivity index (χ1v) is 21.1. The Morgan fingerprint density at radius 1 is 0.532 bits per heavy atom. The lowest BCUT2D eigenvalue weighted by molar-refractivity contribution is -0.133. The number of carbonyl (C=O) groups is 2. The van der Waals surface area contributed by atoms with E-state index in [0.717, 1.165) is 70.9 Å². The van der Waals surface area contributed by atoms with Crippen molar-refractivity contribution >= 4 is 58.2 Å². The fraction of sp³-hybridized carbons (Fsp3) is 0.185. The Morgan fingerprint density at radius 2 is 0.871 bits per heavy atom. The van der Waals surface area contributed by atoms with Gasteiger partial charge in [0.25, 0.3) is 5.70 Å². The van der Waals surface area contributed by atoms with Gasteiger partial charge in [0.2, 0.25) is 0 Å². The van der Waals surface area contributed by atoms with Crippen molar-refractivity contribution in [1.29, 1.82) is 5.26 Å². The summed E-state index contributed by atoms with van der Waals surface area (Å²) in [7, 11) is 0. The van der Waals surface area contributed by atoms with Crippen molar-refractivity contribution in [2.45, 2.75) is 65.2 Å². The van der Waals surface area contributed by atoms with Crippen LogP contribution in [0.2, 0.25) is 0 Å². The van der Waals surface area contributed by atoms with Gasteiger partial charge >= 0.3 is 11.9 Å². The summed E-state index contributed by atoms with van der Waals surface area (Å²) in [5.41, 5.74) is 10.9. The number of hydrogen-bond donors (Lipinski definition) is 2. The molecule has 6 aromatic carbocycles. The summed E-state index contributed by atoms with van der Waals surface area (Å²) in [6.45, 7) is 11.6. The molecule has 0 radical (unpaired) electrons. The number of carboxylic acid groups (broad SMARTS) is 2. The maximum atomic E-state index is 11.5. The molecule has 0 aliphatic carbocycles. The molecule has 0 heterocycles. The number of aliphatic carboxylic acids is 2. The van der Waals surface area contributed by atoms with Crippen LogP contribution in [0.4, 0.5) is 34.1 Å². The molecule has 0 aliphatic heterocycles. The fourth-order valence-electron chi connectivity index (χ4n) is 7.33. The molecule has 310 valence electrons. The number of aryl methyl sites for hydroxylation is 2. The molecular formula is C54H50N4O4. The first-order valence-electron chi connectivity index (χ1n) is 21.1. The first kappa shape index (κ1) is 43.9. The highest BCUT2D eigenvalue weighted by molar-refractivity contribution is 5.96. The van der Waals surface area contributed by atoms with Crippen LogP contribution < -0.4 is 9.80 Å². The van der Waals surface area contributed by atoms with Crippen molar-refractivity contribution in [1.82, 2.24) is 0 Å². The van der Waals surface area contributed by atoms with Crippen LogP contribution in [0.15, 0.2) is 157 Å². The molecule has 6 aromatic rings. The third-order valence-corrected chi connectivity index (χ3v) is 10.7. The first-order chi connectivity index (χ1) is 30.2. The molecule has 0 saturated heterocycles. The van der Waals surface area contributed by atoms with Crippen LogP contribution in [0.3, 0.4) is 0 Å². The van der Waals surface area contributed by atoms with E-state index in [1.807, 2.05) is 48.5 Å². The Hall–Kier alpha value is -7.68. The topological polar surface area (TPSA) is 109 Å². The molecule has 0 aromatic heterocycles. The van der Waals surface area contributed by atoms with E-state index in [9.17, 15) is 25.1 Å². The predicted molar refractivity (Wildman–Crippen MR) is 251 cm³/mol. The summed E-state index contributed by atoms with van der Waals surface area (Å²) in [6, 6.07) is 50.9. The molecule has 0 aliphatic rings. The Morgan fingerprint density at radius 3 is 1.18 bits per heavy atom. The van der Waals surface area contributed by atoms with Crippen LogP contribution in [0.25, 0.3) is 28.1 Å². The van der Waals surface area contributed by atoms with Crippen LogP contribution in [-0.4, -0.2) is 22.2 Å². The molecule has 2 N–H and O–H groups in total. The van der Waals surface area contributed by atoms with Crippen molar-refractivity contribution in [2.75, 3.05) is 9.80 Å². The number of carboxylic acids is 2. The van der Waals surface area contributed by atoms with Gasteiger partial charge < -0.3 is 20.0 Å². The minimum atomic E-state index is -1.26. The highest BCUT2D eigenvalue weighted by Gasteiger charge is 2.16. The van der Waals surface area contributed by atoms with Crippen molar-refractivity contribution < 1.29 is 19.8 Å². The summed E-state index contributed by atoms with van der Waals surface area (Å²) in [5.74, 6) is -2.52. The lowest BCUT2D eigenvalue weighted by Gasteiger charge is -2.26. The van der Waals surface area contributed by atoms with Gasteiger partial charge in [-0.15, -0.1) is 0 Å². The molecule has 8 nitrogen and oxygen atoms in total. The summed E-state index contributed by atoms with van der Waals surface area (Å²) in [6.07, 6.45) is 11.8. The van der Waals surface area contributed by atoms with Crippen LogP contribution >= 0.6 is 0 Å². The number of hydrogen-bond acceptors (Lipinski definition) is 5. The minimum absolute atomic E-state index is 0.325. The second kappa shape index (κ2) is 21.5. The van der Waals surface area contributed by atoms with Gasteiger partial charge in [0.05, 0.1) is 6.57 Å². The zero-order chi connectivity index (χ0) is 43.8. The van der Waals surface area contributed by atoms with Crippen LogP contribution in [0.5, 0.6) is 0 Å². The molecule has 0 unspecified atom stereocenters. The average molecular weight is 819 g/mol. The van der Waals surface area contributed by atoms with E-state index in [0.29, 0.717) is 11.1 Å². The second-order valence-corrected chi connectivity index (χ2v) is 15.1. The number of benzene rings is 6. The number of rotatable bonds is 19. The molecule has 0 bridgehead atoms.